The summed E-state index contributed by atoms with van der Waals surface area (Å²) in [6.07, 6.45) is 0. The zero-order valence-electron chi connectivity index (χ0n) is 10.9. The van der Waals surface area contributed by atoms with E-state index in [0.29, 0.717) is 5.56 Å². The lowest BCUT2D eigenvalue weighted by Gasteiger charge is -2.02. The van der Waals surface area contributed by atoms with Gasteiger partial charge in [-0.3, -0.25) is 0 Å². The number of nitrogens with zero attached hydrogens (tertiary/aromatic N) is 1. The van der Waals surface area contributed by atoms with Gasteiger partial charge in [0.15, 0.2) is 0 Å². The number of hydrogen-bond acceptors (Lipinski definition) is 3. The van der Waals surface area contributed by atoms with Crippen molar-refractivity contribution < 1.29 is 8.42 Å². The molecule has 0 aromatic heterocycles. The normalized spacial score (nSPS) is 11.9. The van der Waals surface area contributed by atoms with Crippen LogP contribution in [-0.4, -0.2) is 8.42 Å². The van der Waals surface area contributed by atoms with Gasteiger partial charge >= 0.3 is 0 Å². The van der Waals surface area contributed by atoms with E-state index in [1.165, 1.54) is 0 Å². The second-order valence-corrected chi connectivity index (χ2v) is 6.16. The average Bonchev–Trinajstić information content (AvgIpc) is 2.46. The van der Waals surface area contributed by atoms with E-state index < -0.39 is 9.84 Å². The van der Waals surface area contributed by atoms with Crippen LogP contribution in [0.5, 0.6) is 0 Å². The van der Waals surface area contributed by atoms with Gasteiger partial charge in [-0.05, 0) is 24.6 Å². The van der Waals surface area contributed by atoms with Gasteiger partial charge in [-0.25, -0.2) is 8.42 Å². The summed E-state index contributed by atoms with van der Waals surface area (Å²) in [6, 6.07) is 17.2. The average molecular weight is 283 g/mol. The highest BCUT2D eigenvalue weighted by atomic mass is 32.2. The van der Waals surface area contributed by atoms with Gasteiger partial charge in [0.1, 0.15) is 6.07 Å². The molecule has 100 valence electrons. The molecular weight excluding hydrogens is 270 g/mol. The monoisotopic (exact) mass is 283 g/mol. The van der Waals surface area contributed by atoms with Crippen LogP contribution in [0.15, 0.2) is 64.9 Å². The van der Waals surface area contributed by atoms with Crippen LogP contribution in [0.3, 0.4) is 0 Å². The van der Waals surface area contributed by atoms with Crippen molar-refractivity contribution in [2.24, 2.45) is 0 Å². The third-order valence-corrected chi connectivity index (χ3v) is 4.30. The Labute approximate surface area is 118 Å². The molecule has 2 rings (SSSR count). The number of hydrogen-bond donors (Lipinski definition) is 0. The molecule has 0 heterocycles. The van der Waals surface area contributed by atoms with Gasteiger partial charge in [0.2, 0.25) is 9.84 Å². The fourth-order valence-electron chi connectivity index (χ4n) is 1.73. The lowest BCUT2D eigenvalue weighted by molar-refractivity contribution is 0.604. The topological polar surface area (TPSA) is 57.9 Å². The Morgan fingerprint density at radius 2 is 1.65 bits per heavy atom. The summed E-state index contributed by atoms with van der Waals surface area (Å²) in [6.45, 7) is 1.89. The summed E-state index contributed by atoms with van der Waals surface area (Å²) in [4.78, 5) is 0.187. The van der Waals surface area contributed by atoms with Crippen LogP contribution in [0.1, 0.15) is 11.1 Å². The first-order valence-corrected chi connectivity index (χ1v) is 7.56. The van der Waals surface area contributed by atoms with Crippen LogP contribution in [0, 0.1) is 18.3 Å². The van der Waals surface area contributed by atoms with Crippen LogP contribution < -0.4 is 0 Å². The van der Waals surface area contributed by atoms with Gasteiger partial charge in [0.25, 0.3) is 0 Å². The Hall–Kier alpha value is -2.38. The van der Waals surface area contributed by atoms with Crippen molar-refractivity contribution in [2.45, 2.75) is 11.8 Å². The number of benzene rings is 2. The van der Waals surface area contributed by atoms with Gasteiger partial charge in [-0.2, -0.15) is 5.26 Å². The smallest absolute Gasteiger partial charge is 0.201 e. The van der Waals surface area contributed by atoms with Gasteiger partial charge in [-0.1, -0.05) is 48.0 Å². The molecular formula is C16H13NO2S. The molecule has 0 N–H and O–H groups in total. The number of rotatable bonds is 3. The van der Waals surface area contributed by atoms with E-state index in [4.69, 9.17) is 5.26 Å². The number of aryl methyl sites for hydroxylation is 1. The van der Waals surface area contributed by atoms with Crippen LogP contribution in [-0.2, 0) is 9.84 Å². The second kappa shape index (κ2) is 5.72. The molecule has 20 heavy (non-hydrogen) atoms. The Balaban J connectivity index is 2.47. The summed E-state index contributed by atoms with van der Waals surface area (Å²) >= 11 is 0. The molecule has 0 saturated heterocycles. The molecule has 0 spiro atoms. The Bertz CT molecular complexity index is 767. The minimum Gasteiger partial charge on any atom is -0.219 e. The minimum atomic E-state index is -3.62. The summed E-state index contributed by atoms with van der Waals surface area (Å²) in [7, 11) is -3.62. The maximum atomic E-state index is 12.3. The number of nitriles is 1. The van der Waals surface area contributed by atoms with Gasteiger partial charge in [-0.15, -0.1) is 0 Å². The van der Waals surface area contributed by atoms with E-state index in [0.717, 1.165) is 11.0 Å². The highest BCUT2D eigenvalue weighted by Gasteiger charge is 2.13. The molecule has 0 aliphatic rings. The molecule has 0 saturated carbocycles. The molecule has 2 aromatic rings. The standard InChI is InChI=1S/C16H13NO2S/c1-13-7-9-16(10-8-13)20(18,19)12-15(11-17)14-5-3-2-4-6-14/h2-10,12H,1H3/b15-12+. The highest BCUT2D eigenvalue weighted by Crippen LogP contribution is 2.19. The van der Waals surface area contributed by atoms with Gasteiger partial charge in [0, 0.05) is 0 Å². The third kappa shape index (κ3) is 3.14. The predicted octanol–water partition coefficient (Wildman–Crippen LogP) is 3.33. The summed E-state index contributed by atoms with van der Waals surface area (Å²) in [5.41, 5.74) is 1.70. The SMILES string of the molecule is Cc1ccc(S(=O)(=O)/C=C(\C#N)c2ccccc2)cc1. The maximum Gasteiger partial charge on any atom is 0.201 e. The van der Waals surface area contributed by atoms with E-state index >= 15 is 0 Å². The molecule has 2 aromatic carbocycles. The number of sulfone groups is 1. The summed E-state index contributed by atoms with van der Waals surface area (Å²) in [5, 5.41) is 10.2. The molecule has 0 aliphatic carbocycles. The van der Waals surface area contributed by atoms with E-state index in [-0.39, 0.29) is 10.5 Å². The molecule has 0 bridgehead atoms. The van der Waals surface area contributed by atoms with E-state index in [9.17, 15) is 8.42 Å². The van der Waals surface area contributed by atoms with E-state index in [1.807, 2.05) is 19.1 Å². The summed E-state index contributed by atoms with van der Waals surface area (Å²) in [5.74, 6) is 0. The quantitative estimate of drug-likeness (QED) is 0.812. The Morgan fingerprint density at radius 3 is 2.20 bits per heavy atom. The molecule has 3 nitrogen and oxygen atoms in total. The lowest BCUT2D eigenvalue weighted by Crippen LogP contribution is -1.98. The zero-order valence-corrected chi connectivity index (χ0v) is 11.8. The van der Waals surface area contributed by atoms with E-state index in [2.05, 4.69) is 0 Å². The van der Waals surface area contributed by atoms with Gasteiger partial charge < -0.3 is 0 Å². The fraction of sp³-hybridized carbons (Fsp3) is 0.0625. The summed E-state index contributed by atoms with van der Waals surface area (Å²) < 4.78 is 24.5. The van der Waals surface area contributed by atoms with Crippen molar-refractivity contribution in [1.29, 1.82) is 5.26 Å². The minimum absolute atomic E-state index is 0.131. The van der Waals surface area contributed by atoms with Gasteiger partial charge in [0.05, 0.1) is 15.9 Å². The van der Waals surface area contributed by atoms with Crippen molar-refractivity contribution >= 4 is 15.4 Å². The molecule has 0 fully saturated rings. The fourth-order valence-corrected chi connectivity index (χ4v) is 2.88. The predicted molar refractivity (Wildman–Crippen MR) is 78.4 cm³/mol. The van der Waals surface area contributed by atoms with Crippen LogP contribution in [0.4, 0.5) is 0 Å². The van der Waals surface area contributed by atoms with Crippen molar-refractivity contribution in [2.75, 3.05) is 0 Å². The largest absolute Gasteiger partial charge is 0.219 e. The molecule has 4 heteroatoms. The number of allylic oxidation sites excluding steroid dienone is 1. The Morgan fingerprint density at radius 1 is 1.05 bits per heavy atom. The van der Waals surface area contributed by atoms with Crippen LogP contribution in [0.25, 0.3) is 5.57 Å². The second-order valence-electron chi connectivity index (χ2n) is 4.37. The van der Waals surface area contributed by atoms with Crippen LogP contribution >= 0.6 is 0 Å². The molecule has 0 amide bonds. The van der Waals surface area contributed by atoms with Crippen molar-refractivity contribution in [1.82, 2.24) is 0 Å². The lowest BCUT2D eigenvalue weighted by atomic mass is 10.1. The first-order valence-electron chi connectivity index (χ1n) is 6.02. The maximum absolute atomic E-state index is 12.3. The third-order valence-electron chi connectivity index (χ3n) is 2.83. The molecule has 0 atom stereocenters. The van der Waals surface area contributed by atoms with Crippen molar-refractivity contribution in [3.63, 3.8) is 0 Å². The first-order chi connectivity index (χ1) is 9.53. The highest BCUT2D eigenvalue weighted by molar-refractivity contribution is 7.94. The zero-order chi connectivity index (χ0) is 14.6. The van der Waals surface area contributed by atoms with E-state index in [1.54, 1.807) is 48.5 Å². The molecule has 0 aliphatic heterocycles. The van der Waals surface area contributed by atoms with Crippen molar-refractivity contribution in [3.8, 4) is 6.07 Å². The van der Waals surface area contributed by atoms with Crippen molar-refractivity contribution in [3.05, 3.63) is 71.1 Å². The molecule has 0 radical (unpaired) electrons. The first kappa shape index (κ1) is 14.0. The molecule has 0 unspecified atom stereocenters. The van der Waals surface area contributed by atoms with Crippen LogP contribution in [0.2, 0.25) is 0 Å². The Kier molecular flexibility index (Phi) is 4.02.